The lowest BCUT2D eigenvalue weighted by atomic mass is 9.93. The van der Waals surface area contributed by atoms with Crippen LogP contribution < -0.4 is 0 Å². The van der Waals surface area contributed by atoms with Crippen molar-refractivity contribution in [2.45, 2.75) is 63.4 Å². The first-order valence-corrected chi connectivity index (χ1v) is 8.11. The molecule has 2 atom stereocenters. The van der Waals surface area contributed by atoms with Crippen LogP contribution in [0, 0.1) is 0 Å². The summed E-state index contributed by atoms with van der Waals surface area (Å²) in [6.45, 7) is 2.95. The Kier molecular flexibility index (Phi) is 5.37. The van der Waals surface area contributed by atoms with E-state index in [9.17, 15) is 8.78 Å². The maximum atomic E-state index is 13.5. The van der Waals surface area contributed by atoms with Crippen LogP contribution in [0.25, 0.3) is 0 Å². The van der Waals surface area contributed by atoms with Gasteiger partial charge in [-0.25, -0.2) is 8.78 Å². The minimum absolute atomic E-state index is 0.0345. The first kappa shape index (κ1) is 16.8. The number of ether oxygens (including phenoxy) is 1. The van der Waals surface area contributed by atoms with Gasteiger partial charge in [-0.3, -0.25) is 0 Å². The largest absolute Gasteiger partial charge is 0.491 e. The second kappa shape index (κ2) is 6.70. The number of rotatable bonds is 4. The summed E-state index contributed by atoms with van der Waals surface area (Å²) in [6.07, 6.45) is 6.65. The molecule has 0 aromatic carbocycles. The van der Waals surface area contributed by atoms with E-state index in [4.69, 9.17) is 27.9 Å². The number of hydrogen-bond acceptors (Lipinski definition) is 1. The van der Waals surface area contributed by atoms with Gasteiger partial charge in [0.05, 0.1) is 11.1 Å². The molecule has 2 unspecified atom stereocenters. The van der Waals surface area contributed by atoms with Crippen LogP contribution in [0.3, 0.4) is 0 Å². The van der Waals surface area contributed by atoms with Crippen molar-refractivity contribution in [2.24, 2.45) is 0 Å². The van der Waals surface area contributed by atoms with E-state index < -0.39 is 11.3 Å². The lowest BCUT2D eigenvalue weighted by Gasteiger charge is -2.30. The minimum atomic E-state index is -2.90. The van der Waals surface area contributed by atoms with Crippen LogP contribution in [0.2, 0.25) is 0 Å². The van der Waals surface area contributed by atoms with E-state index >= 15 is 0 Å². The van der Waals surface area contributed by atoms with Gasteiger partial charge in [-0.15, -0.1) is 11.6 Å². The lowest BCUT2D eigenvalue weighted by Crippen LogP contribution is -2.29. The van der Waals surface area contributed by atoms with Gasteiger partial charge < -0.3 is 4.74 Å². The molecule has 0 aliphatic heterocycles. The Morgan fingerprint density at radius 3 is 2.62 bits per heavy atom. The highest BCUT2D eigenvalue weighted by Crippen LogP contribution is 2.37. The third-order valence-electron chi connectivity index (χ3n) is 3.94. The number of halogens is 4. The van der Waals surface area contributed by atoms with E-state index in [-0.39, 0.29) is 11.7 Å². The molecule has 0 saturated carbocycles. The molecule has 2 aliphatic carbocycles. The van der Waals surface area contributed by atoms with Gasteiger partial charge in [-0.05, 0) is 37.8 Å². The van der Waals surface area contributed by atoms with E-state index in [1.807, 2.05) is 6.08 Å². The van der Waals surface area contributed by atoms with Gasteiger partial charge in [-0.2, -0.15) is 0 Å². The Bertz CT molecular complexity index is 489. The highest BCUT2D eigenvalue weighted by Gasteiger charge is 2.36. The predicted molar refractivity (Wildman–Crippen MR) is 82.9 cm³/mol. The van der Waals surface area contributed by atoms with Crippen molar-refractivity contribution in [1.82, 2.24) is 0 Å². The summed E-state index contributed by atoms with van der Waals surface area (Å²) in [6, 6.07) is 0. The zero-order valence-corrected chi connectivity index (χ0v) is 13.8. The molecule has 2 aliphatic rings. The fourth-order valence-electron chi connectivity index (χ4n) is 2.71. The summed E-state index contributed by atoms with van der Waals surface area (Å²) < 4.78 is 32.9. The standard InChI is InChI=1S/C16H20Cl2F2O/c1-3-10-4-5-12(9-15(10)18)21-11-6-7-14(17)13(8-11)16(2,19)20/h8-9,11,14H,3-7H2,1-2H3. The molecule has 0 saturated heterocycles. The summed E-state index contributed by atoms with van der Waals surface area (Å²) in [5.74, 6) is -2.13. The second-order valence-electron chi connectivity index (χ2n) is 5.63. The van der Waals surface area contributed by atoms with Crippen LogP contribution in [0.5, 0.6) is 0 Å². The Hall–Kier alpha value is -0.540. The maximum absolute atomic E-state index is 13.5. The van der Waals surface area contributed by atoms with Crippen LogP contribution in [0.1, 0.15) is 46.0 Å². The summed E-state index contributed by atoms with van der Waals surface area (Å²) in [4.78, 5) is 0. The molecule has 1 nitrogen and oxygen atoms in total. The normalized spacial score (nSPS) is 27.3. The molecule has 0 spiro atoms. The van der Waals surface area contributed by atoms with Gasteiger partial charge in [0.1, 0.15) is 6.10 Å². The van der Waals surface area contributed by atoms with Gasteiger partial charge in [-0.1, -0.05) is 24.1 Å². The fraction of sp³-hybridized carbons (Fsp3) is 0.625. The van der Waals surface area contributed by atoms with Gasteiger partial charge >= 0.3 is 0 Å². The topological polar surface area (TPSA) is 9.23 Å². The number of hydrogen-bond donors (Lipinski definition) is 0. The van der Waals surface area contributed by atoms with Crippen molar-refractivity contribution in [3.63, 3.8) is 0 Å². The molecule has 0 aromatic rings. The molecular formula is C16H20Cl2F2O. The molecular weight excluding hydrogens is 317 g/mol. The van der Waals surface area contributed by atoms with Crippen molar-refractivity contribution in [2.75, 3.05) is 0 Å². The van der Waals surface area contributed by atoms with Crippen LogP contribution >= 0.6 is 23.2 Å². The first-order chi connectivity index (χ1) is 9.81. The van der Waals surface area contributed by atoms with Gasteiger partial charge in [0.25, 0.3) is 5.92 Å². The van der Waals surface area contributed by atoms with Gasteiger partial charge in [0, 0.05) is 23.9 Å². The third kappa shape index (κ3) is 4.23. The third-order valence-corrected chi connectivity index (χ3v) is 4.77. The number of allylic oxidation sites excluding steroid dienone is 5. The molecule has 0 radical (unpaired) electrons. The van der Waals surface area contributed by atoms with Crippen molar-refractivity contribution >= 4 is 23.2 Å². The highest BCUT2D eigenvalue weighted by atomic mass is 35.5. The molecule has 2 rings (SSSR count). The quantitative estimate of drug-likeness (QED) is 0.456. The average Bonchev–Trinajstić information content (AvgIpc) is 2.40. The zero-order chi connectivity index (χ0) is 15.6. The smallest absolute Gasteiger partial charge is 0.268 e. The highest BCUT2D eigenvalue weighted by molar-refractivity contribution is 6.31. The molecule has 118 valence electrons. The molecule has 0 bridgehead atoms. The summed E-state index contributed by atoms with van der Waals surface area (Å²) in [5.41, 5.74) is 1.18. The maximum Gasteiger partial charge on any atom is 0.268 e. The molecule has 5 heteroatoms. The van der Waals surface area contributed by atoms with Crippen LogP contribution in [0.15, 0.2) is 34.1 Å². The predicted octanol–water partition coefficient (Wildman–Crippen LogP) is 5.94. The van der Waals surface area contributed by atoms with Crippen molar-refractivity contribution < 1.29 is 13.5 Å². The van der Waals surface area contributed by atoms with Crippen molar-refractivity contribution in [1.29, 1.82) is 0 Å². The Labute approximate surface area is 134 Å². The first-order valence-electron chi connectivity index (χ1n) is 7.30. The molecule has 0 N–H and O–H groups in total. The molecule has 21 heavy (non-hydrogen) atoms. The zero-order valence-electron chi connectivity index (χ0n) is 12.3. The molecule has 0 aromatic heterocycles. The van der Waals surface area contributed by atoms with E-state index in [0.717, 1.165) is 37.0 Å². The Morgan fingerprint density at radius 1 is 1.33 bits per heavy atom. The van der Waals surface area contributed by atoms with Crippen LogP contribution in [-0.4, -0.2) is 17.4 Å². The Balaban J connectivity index is 2.11. The van der Waals surface area contributed by atoms with Gasteiger partial charge in [0.15, 0.2) is 0 Å². The van der Waals surface area contributed by atoms with E-state index in [1.54, 1.807) is 0 Å². The van der Waals surface area contributed by atoms with Crippen molar-refractivity contribution in [3.05, 3.63) is 34.1 Å². The summed E-state index contributed by atoms with van der Waals surface area (Å²) >= 11 is 12.2. The molecule has 0 fully saturated rings. The summed E-state index contributed by atoms with van der Waals surface area (Å²) in [5, 5.41) is 0.107. The summed E-state index contributed by atoms with van der Waals surface area (Å²) in [7, 11) is 0. The van der Waals surface area contributed by atoms with Crippen molar-refractivity contribution in [3.8, 4) is 0 Å². The SMILES string of the molecule is CCC1=C(Cl)C=C(OC2C=C(C(C)(F)F)C(Cl)CC2)CC1. The van der Waals surface area contributed by atoms with Crippen LogP contribution in [0.4, 0.5) is 8.78 Å². The number of alkyl halides is 3. The van der Waals surface area contributed by atoms with E-state index in [2.05, 4.69) is 6.92 Å². The lowest BCUT2D eigenvalue weighted by molar-refractivity contribution is 0.0507. The molecule has 0 amide bonds. The second-order valence-corrected chi connectivity index (χ2v) is 6.56. The minimum Gasteiger partial charge on any atom is -0.491 e. The van der Waals surface area contributed by atoms with E-state index in [0.29, 0.717) is 12.8 Å². The Morgan fingerprint density at radius 2 is 2.05 bits per heavy atom. The van der Waals surface area contributed by atoms with Gasteiger partial charge in [0.2, 0.25) is 0 Å². The fourth-order valence-corrected chi connectivity index (χ4v) is 3.45. The monoisotopic (exact) mass is 336 g/mol. The van der Waals surface area contributed by atoms with E-state index in [1.165, 1.54) is 11.6 Å². The molecule has 0 heterocycles. The van der Waals surface area contributed by atoms with Crippen LogP contribution in [-0.2, 0) is 4.74 Å². The average molecular weight is 337 g/mol.